The van der Waals surface area contributed by atoms with Crippen LogP contribution in [0.15, 0.2) is 0 Å². The van der Waals surface area contributed by atoms with Crippen LogP contribution in [0.1, 0.15) is 7.43 Å². The van der Waals surface area contributed by atoms with Gasteiger partial charge in [-0.3, -0.25) is 0 Å². The van der Waals surface area contributed by atoms with E-state index < -0.39 is 0 Å². The second kappa shape index (κ2) is 48.1. The van der Waals surface area contributed by atoms with Crippen LogP contribution in [0, 0.1) is 0 Å². The second-order valence-corrected chi connectivity index (χ2v) is 0.909. The highest BCUT2D eigenvalue weighted by Crippen LogP contribution is 1.73. The second-order valence-electron chi connectivity index (χ2n) is 0.101. The van der Waals surface area contributed by atoms with Crippen molar-refractivity contribution in [2.45, 2.75) is 7.43 Å². The van der Waals surface area contributed by atoms with Crippen molar-refractivity contribution in [1.82, 2.24) is 0 Å². The summed E-state index contributed by atoms with van der Waals surface area (Å²) in [5, 5.41) is 7.19. The molecule has 0 aromatic heterocycles. The minimum Gasteiger partial charge on any atom is -0.400 e. The normalized spacial score (nSPS) is 4.00. The van der Waals surface area contributed by atoms with Gasteiger partial charge in [0.1, 0.15) is 0 Å². The molecule has 0 aliphatic heterocycles. The first-order chi connectivity index (χ1) is 2.41. The standard InChI is InChI=1S/CH2Cl2.CH4O.CH4/c2-1-3;1-2;/h1H2;2H,1H3;1H4. The Hall–Kier alpha value is 0.540. The van der Waals surface area contributed by atoms with Gasteiger partial charge in [-0.1, -0.05) is 7.43 Å². The molecular formula is C3H10Cl2O. The van der Waals surface area contributed by atoms with Gasteiger partial charge < -0.3 is 5.11 Å². The van der Waals surface area contributed by atoms with Gasteiger partial charge in [0.05, 0.1) is 5.34 Å². The molecule has 0 aliphatic carbocycles. The van der Waals surface area contributed by atoms with Gasteiger partial charge in [0, 0.05) is 7.11 Å². The molecule has 0 unspecified atom stereocenters. The molecule has 0 bridgehead atoms. The number of hydrogen-bond acceptors (Lipinski definition) is 1. The molecule has 42 valence electrons. The molecule has 1 nitrogen and oxygen atoms in total. The first-order valence-electron chi connectivity index (χ1n) is 0.982. The Morgan fingerprint density at radius 2 is 1.33 bits per heavy atom. The zero-order valence-electron chi connectivity index (χ0n) is 2.91. The van der Waals surface area contributed by atoms with Gasteiger partial charge in [-0.2, -0.15) is 0 Å². The highest BCUT2D eigenvalue weighted by molar-refractivity contribution is 6.40. The van der Waals surface area contributed by atoms with Crippen molar-refractivity contribution < 1.29 is 5.11 Å². The van der Waals surface area contributed by atoms with Crippen molar-refractivity contribution in [3.8, 4) is 0 Å². The Morgan fingerprint density at radius 3 is 1.33 bits per heavy atom. The summed E-state index contributed by atoms with van der Waals surface area (Å²) < 4.78 is 0. The smallest absolute Gasteiger partial charge is 0.0967 e. The van der Waals surface area contributed by atoms with E-state index in [1.165, 1.54) is 0 Å². The fraction of sp³-hybridized carbons (Fsp3) is 1.00. The fourth-order valence-electron chi connectivity index (χ4n) is 0. The van der Waals surface area contributed by atoms with Crippen LogP contribution < -0.4 is 0 Å². The molecule has 0 spiro atoms. The van der Waals surface area contributed by atoms with E-state index >= 15 is 0 Å². The summed E-state index contributed by atoms with van der Waals surface area (Å²) in [5.41, 5.74) is 0. The first-order valence-corrected chi connectivity index (χ1v) is 2.05. The molecule has 3 heteroatoms. The Kier molecular flexibility index (Phi) is 129. The SMILES string of the molecule is C.CO.ClCCl. The number of halogens is 2. The Labute approximate surface area is 48.9 Å². The van der Waals surface area contributed by atoms with Gasteiger partial charge in [0.2, 0.25) is 0 Å². The maximum Gasteiger partial charge on any atom is 0.0967 e. The summed E-state index contributed by atoms with van der Waals surface area (Å²) in [7, 11) is 1.00. The molecule has 1 N–H and O–H groups in total. The number of aliphatic hydroxyl groups excluding tert-OH is 1. The molecular weight excluding hydrogens is 123 g/mol. The van der Waals surface area contributed by atoms with Gasteiger partial charge in [0.15, 0.2) is 0 Å². The number of hydrogen-bond donors (Lipinski definition) is 1. The average Bonchev–Trinajstić information content (AvgIpc) is 1.46. The average molecular weight is 133 g/mol. The molecule has 0 aromatic rings. The van der Waals surface area contributed by atoms with Crippen molar-refractivity contribution in [3.63, 3.8) is 0 Å². The lowest BCUT2D eigenvalue weighted by Crippen LogP contribution is -1.25. The summed E-state index contributed by atoms with van der Waals surface area (Å²) >= 11 is 9.53. The van der Waals surface area contributed by atoms with Crippen LogP contribution in [-0.4, -0.2) is 17.6 Å². The molecule has 0 aliphatic rings. The number of alkyl halides is 2. The maximum atomic E-state index is 7.00. The zero-order chi connectivity index (χ0) is 4.71. The minimum atomic E-state index is 0. The molecule has 0 aromatic carbocycles. The molecule has 0 saturated carbocycles. The fourth-order valence-corrected chi connectivity index (χ4v) is 0. The lowest BCUT2D eigenvalue weighted by molar-refractivity contribution is 0.399. The molecule has 6 heavy (non-hydrogen) atoms. The predicted octanol–water partition coefficient (Wildman–Crippen LogP) is 1.67. The maximum absolute atomic E-state index is 7.00. The largest absolute Gasteiger partial charge is 0.400 e. The van der Waals surface area contributed by atoms with Gasteiger partial charge in [0.25, 0.3) is 0 Å². The highest BCUT2D eigenvalue weighted by Gasteiger charge is 1.41. The Morgan fingerprint density at radius 1 is 1.33 bits per heavy atom. The monoisotopic (exact) mass is 132 g/mol. The van der Waals surface area contributed by atoms with Crippen molar-refractivity contribution >= 4 is 23.2 Å². The quantitative estimate of drug-likeness (QED) is 0.498. The van der Waals surface area contributed by atoms with Crippen LogP contribution in [-0.2, 0) is 0 Å². The molecule has 0 radical (unpaired) electrons. The van der Waals surface area contributed by atoms with Crippen LogP contribution in [0.4, 0.5) is 0 Å². The third-order valence-corrected chi connectivity index (χ3v) is 0. The van der Waals surface area contributed by atoms with Crippen molar-refractivity contribution in [2.75, 3.05) is 12.4 Å². The molecule has 0 heterocycles. The summed E-state index contributed by atoms with van der Waals surface area (Å²) in [6, 6.07) is 0. The van der Waals surface area contributed by atoms with E-state index in [1.54, 1.807) is 0 Å². The predicted molar refractivity (Wildman–Crippen MR) is 31.4 cm³/mol. The summed E-state index contributed by atoms with van der Waals surface area (Å²) in [6.45, 7) is 0. The first kappa shape index (κ1) is 16.0. The topological polar surface area (TPSA) is 20.2 Å². The Bertz CT molecular complexity index is 8.75. The van der Waals surface area contributed by atoms with E-state index in [2.05, 4.69) is 0 Å². The number of aliphatic hydroxyl groups is 1. The van der Waals surface area contributed by atoms with Crippen LogP contribution in [0.5, 0.6) is 0 Å². The van der Waals surface area contributed by atoms with Gasteiger partial charge in [-0.15, -0.1) is 23.2 Å². The van der Waals surface area contributed by atoms with Crippen LogP contribution in [0.2, 0.25) is 0 Å². The molecule has 0 fully saturated rings. The van der Waals surface area contributed by atoms with Gasteiger partial charge >= 0.3 is 0 Å². The zero-order valence-corrected chi connectivity index (χ0v) is 4.42. The van der Waals surface area contributed by atoms with E-state index in [9.17, 15) is 0 Å². The number of rotatable bonds is 0. The molecule has 0 atom stereocenters. The summed E-state index contributed by atoms with van der Waals surface area (Å²) in [6.07, 6.45) is 0. The van der Waals surface area contributed by atoms with Crippen LogP contribution in [0.25, 0.3) is 0 Å². The van der Waals surface area contributed by atoms with Gasteiger partial charge in [-0.05, 0) is 0 Å². The van der Waals surface area contributed by atoms with Crippen LogP contribution in [0.3, 0.4) is 0 Å². The highest BCUT2D eigenvalue weighted by atomic mass is 35.5. The van der Waals surface area contributed by atoms with Gasteiger partial charge in [-0.25, -0.2) is 0 Å². The van der Waals surface area contributed by atoms with E-state index in [4.69, 9.17) is 28.3 Å². The lowest BCUT2D eigenvalue weighted by atomic mass is 11.8. The molecule has 0 rings (SSSR count). The van der Waals surface area contributed by atoms with Crippen molar-refractivity contribution in [2.24, 2.45) is 0 Å². The van der Waals surface area contributed by atoms with Crippen molar-refractivity contribution in [1.29, 1.82) is 0 Å². The minimum absolute atomic E-state index is 0. The third kappa shape index (κ3) is 195. The van der Waals surface area contributed by atoms with E-state index in [0.29, 0.717) is 0 Å². The Balaban J connectivity index is -0.0000000275. The molecule has 0 saturated heterocycles. The van der Waals surface area contributed by atoms with E-state index in [1.807, 2.05) is 0 Å². The summed E-state index contributed by atoms with van der Waals surface area (Å²) in [4.78, 5) is 0. The van der Waals surface area contributed by atoms with Crippen LogP contribution >= 0.6 is 23.2 Å². The lowest BCUT2D eigenvalue weighted by Gasteiger charge is -1.42. The van der Waals surface area contributed by atoms with Crippen molar-refractivity contribution in [3.05, 3.63) is 0 Å². The molecule has 0 amide bonds. The third-order valence-electron chi connectivity index (χ3n) is 0. The van der Waals surface area contributed by atoms with E-state index in [0.717, 1.165) is 7.11 Å². The summed E-state index contributed by atoms with van der Waals surface area (Å²) in [5.74, 6) is 0. The van der Waals surface area contributed by atoms with E-state index in [-0.39, 0.29) is 12.8 Å².